The van der Waals surface area contributed by atoms with E-state index in [4.69, 9.17) is 0 Å². The van der Waals surface area contributed by atoms with Crippen molar-refractivity contribution >= 4 is 28.6 Å². The van der Waals surface area contributed by atoms with Crippen molar-refractivity contribution in [3.8, 4) is 0 Å². The van der Waals surface area contributed by atoms with Gasteiger partial charge < -0.3 is 30.4 Å². The Labute approximate surface area is 163 Å². The molecule has 104 valence electrons. The predicted octanol–water partition coefficient (Wildman–Crippen LogP) is -3.17. The molecule has 2 aromatic rings. The zero-order valence-electron chi connectivity index (χ0n) is 11.8. The molecule has 2 unspecified atom stereocenters. The topological polar surface area (TPSA) is 107 Å². The van der Waals surface area contributed by atoms with Crippen molar-refractivity contribution in [1.82, 2.24) is 20.2 Å². The molecule has 2 aromatic heterocycles. The second-order valence-corrected chi connectivity index (χ2v) is 5.61. The molecule has 1 saturated heterocycles. The summed E-state index contributed by atoms with van der Waals surface area (Å²) in [4.78, 5) is 22.3. The predicted molar refractivity (Wildman–Crippen MR) is 70.1 cm³/mol. The van der Waals surface area contributed by atoms with Gasteiger partial charge in [-0.15, -0.1) is 0 Å². The third-order valence-electron chi connectivity index (χ3n) is 3.95. The number of amides is 1. The Morgan fingerprint density at radius 2 is 2.29 bits per heavy atom. The van der Waals surface area contributed by atoms with E-state index in [0.29, 0.717) is 42.1 Å². The standard InChI is InChI=1S/C12H13N6O2.K/c1-12(20)3-2-6-11(19)15-9-7-8(16-17-9)13-5-14-10(7)18(6)4-12;/h6,20H,2-4H2,1H3,(H2,13,14,15,16,17,19);/q-1;+1. The Balaban J connectivity index is 0.00000132. The van der Waals surface area contributed by atoms with E-state index >= 15 is 0 Å². The first kappa shape index (κ1) is 15.3. The number of hydrogen-bond acceptors (Lipinski definition) is 6. The van der Waals surface area contributed by atoms with Crippen molar-refractivity contribution in [1.29, 1.82) is 0 Å². The quantitative estimate of drug-likeness (QED) is 0.350. The molecule has 0 bridgehead atoms. The van der Waals surface area contributed by atoms with Crippen LogP contribution in [0.25, 0.3) is 11.0 Å². The molecule has 2 atom stereocenters. The second kappa shape index (κ2) is 5.25. The molecule has 3 N–H and O–H groups in total. The van der Waals surface area contributed by atoms with Crippen LogP contribution in [0.5, 0.6) is 0 Å². The van der Waals surface area contributed by atoms with E-state index in [2.05, 4.69) is 31.8 Å². The maximum absolute atomic E-state index is 12.3. The van der Waals surface area contributed by atoms with E-state index in [1.54, 1.807) is 6.92 Å². The van der Waals surface area contributed by atoms with Gasteiger partial charge in [0, 0.05) is 24.3 Å². The first-order chi connectivity index (χ1) is 9.55. The fourth-order valence-electron chi connectivity index (χ4n) is 2.96. The van der Waals surface area contributed by atoms with Crippen molar-refractivity contribution in [2.24, 2.45) is 0 Å². The van der Waals surface area contributed by atoms with Crippen LogP contribution in [0, 0.1) is 6.33 Å². The van der Waals surface area contributed by atoms with Gasteiger partial charge in [0.05, 0.1) is 11.6 Å². The van der Waals surface area contributed by atoms with Crippen LogP contribution in [-0.2, 0) is 4.79 Å². The number of carbonyl (C=O) groups excluding carboxylic acids is 1. The maximum atomic E-state index is 12.3. The molecule has 0 radical (unpaired) electrons. The first-order valence-corrected chi connectivity index (χ1v) is 6.47. The number of aromatic amines is 1. The van der Waals surface area contributed by atoms with Gasteiger partial charge in [-0.1, -0.05) is 0 Å². The van der Waals surface area contributed by atoms with E-state index in [1.165, 1.54) is 0 Å². The van der Waals surface area contributed by atoms with E-state index in [1.807, 2.05) is 4.90 Å². The normalized spacial score (nSPS) is 27.6. The summed E-state index contributed by atoms with van der Waals surface area (Å²) >= 11 is 0. The first-order valence-electron chi connectivity index (χ1n) is 6.47. The molecule has 21 heavy (non-hydrogen) atoms. The maximum Gasteiger partial charge on any atom is 1.00 e. The zero-order valence-corrected chi connectivity index (χ0v) is 15.0. The van der Waals surface area contributed by atoms with Crippen LogP contribution in [0.15, 0.2) is 0 Å². The van der Waals surface area contributed by atoms with Gasteiger partial charge in [0.15, 0.2) is 0 Å². The van der Waals surface area contributed by atoms with Crippen molar-refractivity contribution in [3.63, 3.8) is 0 Å². The number of aromatic nitrogens is 4. The van der Waals surface area contributed by atoms with Crippen LogP contribution in [0.1, 0.15) is 19.8 Å². The summed E-state index contributed by atoms with van der Waals surface area (Å²) in [6, 6.07) is -0.351. The van der Waals surface area contributed by atoms with Gasteiger partial charge in [0.25, 0.3) is 0 Å². The van der Waals surface area contributed by atoms with Crippen LogP contribution >= 0.6 is 0 Å². The SMILES string of the molecule is CC1(O)CCC2C(=O)Nc3n[nH]c4n[c-]nc(c34)N2C1.[K+]. The van der Waals surface area contributed by atoms with Crippen LogP contribution in [0.2, 0.25) is 0 Å². The zero-order chi connectivity index (χ0) is 13.9. The van der Waals surface area contributed by atoms with Crippen LogP contribution in [-0.4, -0.2) is 49.4 Å². The van der Waals surface area contributed by atoms with E-state index in [-0.39, 0.29) is 63.3 Å². The molecule has 4 heterocycles. The molecule has 0 spiro atoms. The van der Waals surface area contributed by atoms with Gasteiger partial charge >= 0.3 is 51.4 Å². The molecule has 8 nitrogen and oxygen atoms in total. The molecule has 2 aliphatic rings. The smallest absolute Gasteiger partial charge is 0.395 e. The van der Waals surface area contributed by atoms with Gasteiger partial charge in [-0.2, -0.15) is 5.10 Å². The minimum Gasteiger partial charge on any atom is -0.395 e. The monoisotopic (exact) mass is 312 g/mol. The summed E-state index contributed by atoms with van der Waals surface area (Å²) in [6.45, 7) is 2.11. The van der Waals surface area contributed by atoms with E-state index in [0.717, 1.165) is 0 Å². The number of nitrogens with zero attached hydrogens (tertiary/aromatic N) is 4. The molecule has 4 rings (SSSR count). The Morgan fingerprint density at radius 1 is 1.48 bits per heavy atom. The summed E-state index contributed by atoms with van der Waals surface area (Å²) < 4.78 is 0. The third kappa shape index (κ3) is 2.41. The number of fused-ring (bicyclic) bond motifs is 2. The molecular formula is C12H13KN6O2. The van der Waals surface area contributed by atoms with Gasteiger partial charge in [0.1, 0.15) is 5.82 Å². The minimum atomic E-state index is -0.845. The second-order valence-electron chi connectivity index (χ2n) is 5.61. The summed E-state index contributed by atoms with van der Waals surface area (Å²) in [5, 5.41) is 20.6. The number of aliphatic hydroxyl groups is 1. The van der Waals surface area contributed by atoms with E-state index < -0.39 is 5.60 Å². The number of piperidine rings is 1. The molecule has 1 fully saturated rings. The van der Waals surface area contributed by atoms with Crippen LogP contribution in [0.4, 0.5) is 11.6 Å². The molecule has 0 aromatic carbocycles. The molecule has 0 saturated carbocycles. The number of nitrogens with one attached hydrogen (secondary N) is 2. The van der Waals surface area contributed by atoms with Crippen LogP contribution < -0.4 is 61.6 Å². The van der Waals surface area contributed by atoms with Gasteiger partial charge in [0.2, 0.25) is 5.91 Å². The molecule has 9 heteroatoms. The molecule has 0 aliphatic carbocycles. The average Bonchev–Trinajstić information content (AvgIpc) is 2.76. The van der Waals surface area contributed by atoms with Gasteiger partial charge in [-0.3, -0.25) is 4.79 Å². The van der Waals surface area contributed by atoms with Crippen molar-refractivity contribution < 1.29 is 61.3 Å². The Kier molecular flexibility index (Phi) is 3.83. The number of carbonyl (C=O) groups is 1. The Hall–Kier alpha value is -0.584. The molecule has 2 aliphatic heterocycles. The number of hydrogen-bond donors (Lipinski definition) is 3. The van der Waals surface area contributed by atoms with Gasteiger partial charge in [-0.25, -0.2) is 0 Å². The Bertz CT molecular complexity index is 715. The van der Waals surface area contributed by atoms with Crippen molar-refractivity contribution in [2.75, 3.05) is 16.8 Å². The summed E-state index contributed by atoms with van der Waals surface area (Å²) in [7, 11) is 0. The number of anilines is 2. The average molecular weight is 312 g/mol. The van der Waals surface area contributed by atoms with E-state index in [9.17, 15) is 9.90 Å². The summed E-state index contributed by atoms with van der Waals surface area (Å²) in [6.07, 6.45) is 3.71. The third-order valence-corrected chi connectivity index (χ3v) is 3.95. The van der Waals surface area contributed by atoms with Crippen molar-refractivity contribution in [3.05, 3.63) is 6.33 Å². The minimum absolute atomic E-state index is 0. The fourth-order valence-corrected chi connectivity index (χ4v) is 2.96. The van der Waals surface area contributed by atoms with Crippen LogP contribution in [0.3, 0.4) is 0 Å². The Morgan fingerprint density at radius 3 is 3.10 bits per heavy atom. The summed E-state index contributed by atoms with van der Waals surface area (Å²) in [5.41, 5.74) is -0.321. The number of H-pyrrole nitrogens is 1. The van der Waals surface area contributed by atoms with Crippen molar-refractivity contribution in [2.45, 2.75) is 31.4 Å². The molecular weight excluding hydrogens is 299 g/mol. The number of rotatable bonds is 0. The van der Waals surface area contributed by atoms with Gasteiger partial charge in [-0.05, 0) is 25.2 Å². The summed E-state index contributed by atoms with van der Waals surface area (Å²) in [5.74, 6) is 0.886. The largest absolute Gasteiger partial charge is 1.00 e. The molecule has 1 amide bonds. The fraction of sp³-hybridized carbons (Fsp3) is 0.500.